The molecule has 2 N–H and O–H groups in total. The van der Waals surface area contributed by atoms with E-state index in [2.05, 4.69) is 13.2 Å². The average molecular weight is 314 g/mol. The summed E-state index contributed by atoms with van der Waals surface area (Å²) in [5, 5.41) is 19.4. The molecule has 0 saturated heterocycles. The molecule has 0 aliphatic carbocycles. The van der Waals surface area contributed by atoms with Gasteiger partial charge in [0.25, 0.3) is 0 Å². The standard InChI is InChI=1S/C16H26O6/c1-6-13(9-7-8-10-17)16(20,21-14(18)11(2)3)22-15(19)12(4)5/h13,17,20H,2,4,6-10H2,1,3,5H3. The minimum atomic E-state index is -2.38. The van der Waals surface area contributed by atoms with Crippen molar-refractivity contribution >= 4 is 11.9 Å². The molecule has 0 aliphatic rings. The van der Waals surface area contributed by atoms with E-state index in [1.54, 1.807) is 6.92 Å². The van der Waals surface area contributed by atoms with Crippen LogP contribution in [0.15, 0.2) is 24.3 Å². The number of aliphatic hydroxyl groups is 2. The lowest BCUT2D eigenvalue weighted by Gasteiger charge is -2.33. The van der Waals surface area contributed by atoms with Gasteiger partial charge in [0.2, 0.25) is 0 Å². The minimum absolute atomic E-state index is 0.0198. The van der Waals surface area contributed by atoms with Crippen molar-refractivity contribution in [2.45, 2.75) is 52.4 Å². The van der Waals surface area contributed by atoms with Gasteiger partial charge in [-0.15, -0.1) is 0 Å². The molecule has 0 bridgehead atoms. The lowest BCUT2D eigenvalue weighted by atomic mass is 9.96. The molecule has 0 aromatic rings. The van der Waals surface area contributed by atoms with Crippen molar-refractivity contribution in [2.24, 2.45) is 5.92 Å². The highest BCUT2D eigenvalue weighted by Crippen LogP contribution is 2.30. The number of esters is 2. The molecule has 0 amide bonds. The number of hydrogen-bond acceptors (Lipinski definition) is 6. The van der Waals surface area contributed by atoms with Crippen LogP contribution in [-0.2, 0) is 19.1 Å². The van der Waals surface area contributed by atoms with Gasteiger partial charge in [-0.3, -0.25) is 0 Å². The van der Waals surface area contributed by atoms with Crippen molar-refractivity contribution in [3.63, 3.8) is 0 Å². The van der Waals surface area contributed by atoms with Crippen LogP contribution in [0.4, 0.5) is 0 Å². The number of rotatable bonds is 10. The predicted molar refractivity (Wildman–Crippen MR) is 81.5 cm³/mol. The minimum Gasteiger partial charge on any atom is -0.396 e. The Hall–Kier alpha value is -1.66. The van der Waals surface area contributed by atoms with E-state index in [1.807, 2.05) is 0 Å². The van der Waals surface area contributed by atoms with Crippen LogP contribution in [0.3, 0.4) is 0 Å². The first kappa shape index (κ1) is 20.3. The van der Waals surface area contributed by atoms with E-state index < -0.39 is 23.8 Å². The first-order valence-electron chi connectivity index (χ1n) is 7.28. The Kier molecular flexibility index (Phi) is 8.67. The zero-order chi connectivity index (χ0) is 17.3. The molecular weight excluding hydrogens is 288 g/mol. The summed E-state index contributed by atoms with van der Waals surface area (Å²) < 4.78 is 9.95. The van der Waals surface area contributed by atoms with Crippen LogP contribution in [0.2, 0.25) is 0 Å². The highest BCUT2D eigenvalue weighted by Gasteiger charge is 2.44. The normalized spacial score (nSPS) is 12.4. The van der Waals surface area contributed by atoms with E-state index in [0.717, 1.165) is 0 Å². The van der Waals surface area contributed by atoms with Gasteiger partial charge in [-0.05, 0) is 33.1 Å². The van der Waals surface area contributed by atoms with Crippen LogP contribution < -0.4 is 0 Å². The molecule has 0 aromatic carbocycles. The maximum Gasteiger partial charge on any atom is 0.376 e. The molecular formula is C16H26O6. The quantitative estimate of drug-likeness (QED) is 0.277. The summed E-state index contributed by atoms with van der Waals surface area (Å²) in [5.41, 5.74) is 0.157. The van der Waals surface area contributed by atoms with Gasteiger partial charge in [0.15, 0.2) is 0 Å². The van der Waals surface area contributed by atoms with Gasteiger partial charge in [-0.25, -0.2) is 9.59 Å². The second-order valence-corrected chi connectivity index (χ2v) is 5.29. The van der Waals surface area contributed by atoms with E-state index in [1.165, 1.54) is 13.8 Å². The summed E-state index contributed by atoms with van der Waals surface area (Å²) in [5.74, 6) is -4.70. The summed E-state index contributed by atoms with van der Waals surface area (Å²) in [4.78, 5) is 23.4. The summed E-state index contributed by atoms with van der Waals surface area (Å²) in [6, 6.07) is 0. The molecule has 0 saturated carbocycles. The fraction of sp³-hybridized carbons (Fsp3) is 0.625. The van der Waals surface area contributed by atoms with Gasteiger partial charge < -0.3 is 19.7 Å². The Balaban J connectivity index is 5.25. The molecule has 0 radical (unpaired) electrons. The van der Waals surface area contributed by atoms with Crippen LogP contribution in [0, 0.1) is 5.92 Å². The molecule has 0 aliphatic heterocycles. The fourth-order valence-corrected chi connectivity index (χ4v) is 1.77. The van der Waals surface area contributed by atoms with Crippen LogP contribution >= 0.6 is 0 Å². The number of aliphatic hydroxyl groups excluding tert-OH is 1. The molecule has 0 rings (SSSR count). The largest absolute Gasteiger partial charge is 0.396 e. The monoisotopic (exact) mass is 314 g/mol. The summed E-state index contributed by atoms with van der Waals surface area (Å²) in [6.07, 6.45) is 1.96. The van der Waals surface area contributed by atoms with E-state index in [9.17, 15) is 14.7 Å². The van der Waals surface area contributed by atoms with Crippen molar-refractivity contribution < 1.29 is 29.3 Å². The molecule has 0 heterocycles. The van der Waals surface area contributed by atoms with E-state index in [0.29, 0.717) is 25.7 Å². The lowest BCUT2D eigenvalue weighted by Crippen LogP contribution is -2.47. The Morgan fingerprint density at radius 3 is 1.86 bits per heavy atom. The molecule has 1 unspecified atom stereocenters. The van der Waals surface area contributed by atoms with Crippen LogP contribution in [0.1, 0.15) is 46.5 Å². The third kappa shape index (κ3) is 6.41. The number of unbranched alkanes of at least 4 members (excludes halogenated alkanes) is 1. The zero-order valence-electron chi connectivity index (χ0n) is 13.6. The van der Waals surface area contributed by atoms with Crippen molar-refractivity contribution in [3.8, 4) is 0 Å². The molecule has 1 atom stereocenters. The first-order valence-corrected chi connectivity index (χ1v) is 7.28. The average Bonchev–Trinajstić information content (AvgIpc) is 2.42. The smallest absolute Gasteiger partial charge is 0.376 e. The Morgan fingerprint density at radius 2 is 1.55 bits per heavy atom. The van der Waals surface area contributed by atoms with Crippen LogP contribution in [0.25, 0.3) is 0 Å². The van der Waals surface area contributed by atoms with E-state index in [4.69, 9.17) is 14.6 Å². The van der Waals surface area contributed by atoms with Crippen LogP contribution in [-0.4, -0.2) is 34.7 Å². The van der Waals surface area contributed by atoms with E-state index in [-0.39, 0.29) is 17.8 Å². The highest BCUT2D eigenvalue weighted by atomic mass is 16.8. The Morgan fingerprint density at radius 1 is 1.09 bits per heavy atom. The van der Waals surface area contributed by atoms with Gasteiger partial charge in [-0.2, -0.15) is 0 Å². The van der Waals surface area contributed by atoms with Crippen molar-refractivity contribution in [2.75, 3.05) is 6.61 Å². The number of hydrogen-bond donors (Lipinski definition) is 2. The van der Waals surface area contributed by atoms with Crippen molar-refractivity contribution in [1.82, 2.24) is 0 Å². The van der Waals surface area contributed by atoms with Gasteiger partial charge in [0.1, 0.15) is 0 Å². The summed E-state index contributed by atoms with van der Waals surface area (Å²) in [7, 11) is 0. The maximum atomic E-state index is 11.7. The molecule has 0 aromatic heterocycles. The molecule has 126 valence electrons. The molecule has 0 fully saturated rings. The second-order valence-electron chi connectivity index (χ2n) is 5.29. The number of carbonyl (C=O) groups excluding carboxylic acids is 2. The molecule has 6 nitrogen and oxygen atoms in total. The van der Waals surface area contributed by atoms with Gasteiger partial charge >= 0.3 is 17.9 Å². The fourth-order valence-electron chi connectivity index (χ4n) is 1.77. The van der Waals surface area contributed by atoms with E-state index >= 15 is 0 Å². The van der Waals surface area contributed by atoms with Crippen molar-refractivity contribution in [3.05, 3.63) is 24.3 Å². The highest BCUT2D eigenvalue weighted by molar-refractivity contribution is 5.88. The Bertz CT molecular complexity index is 398. The predicted octanol–water partition coefficient (Wildman–Crippen LogP) is 2.06. The Labute approximate surface area is 131 Å². The molecule has 22 heavy (non-hydrogen) atoms. The van der Waals surface area contributed by atoms with Crippen molar-refractivity contribution in [1.29, 1.82) is 0 Å². The third-order valence-corrected chi connectivity index (χ3v) is 3.14. The topological polar surface area (TPSA) is 93.1 Å². The van der Waals surface area contributed by atoms with Gasteiger partial charge in [0.05, 0.1) is 5.92 Å². The number of carbonyl (C=O) groups is 2. The maximum absolute atomic E-state index is 11.7. The second kappa shape index (κ2) is 9.38. The third-order valence-electron chi connectivity index (χ3n) is 3.14. The number of ether oxygens (including phenoxy) is 2. The zero-order valence-corrected chi connectivity index (χ0v) is 13.6. The van der Waals surface area contributed by atoms with Crippen LogP contribution in [0.5, 0.6) is 0 Å². The molecule has 6 heteroatoms. The summed E-state index contributed by atoms with van der Waals surface area (Å²) >= 11 is 0. The lowest BCUT2D eigenvalue weighted by molar-refractivity contribution is -0.348. The SMILES string of the molecule is C=C(C)C(=O)OC(O)(OC(=O)C(=C)C)C(CC)CCCCO. The molecule has 0 spiro atoms. The van der Waals surface area contributed by atoms with Gasteiger partial charge in [0, 0.05) is 17.8 Å². The first-order chi connectivity index (χ1) is 10.2. The van der Waals surface area contributed by atoms with Gasteiger partial charge in [-0.1, -0.05) is 26.5 Å². The summed E-state index contributed by atoms with van der Waals surface area (Å²) in [6.45, 7) is 11.5.